The van der Waals surface area contributed by atoms with Gasteiger partial charge in [0.1, 0.15) is 13.4 Å². The predicted octanol–water partition coefficient (Wildman–Crippen LogP) is 2.02. The van der Waals surface area contributed by atoms with E-state index in [1.807, 2.05) is 24.3 Å². The molecule has 0 saturated carbocycles. The van der Waals surface area contributed by atoms with Gasteiger partial charge < -0.3 is 10.4 Å². The van der Waals surface area contributed by atoms with Crippen molar-refractivity contribution in [2.75, 3.05) is 5.32 Å². The number of carbonyl (C=O) groups excluding carboxylic acids is 1. The normalized spacial score (nSPS) is 12.0. The molecule has 3 nitrogen and oxygen atoms in total. The van der Waals surface area contributed by atoms with Crippen LogP contribution in [0.5, 0.6) is 0 Å². The first-order chi connectivity index (χ1) is 9.86. The summed E-state index contributed by atoms with van der Waals surface area (Å²) in [5.41, 5.74) is 0.578. The number of nitrogens with one attached hydrogen (secondary N) is 1. The summed E-state index contributed by atoms with van der Waals surface area (Å²) in [4.78, 5) is 11.9. The van der Waals surface area contributed by atoms with E-state index in [9.17, 15) is 9.90 Å². The van der Waals surface area contributed by atoms with Crippen LogP contribution in [0.25, 0.3) is 20.2 Å². The maximum absolute atomic E-state index is 11.9. The van der Waals surface area contributed by atoms with E-state index in [-0.39, 0.29) is 0 Å². The number of hydrogen-bond donors (Lipinski definition) is 2. The van der Waals surface area contributed by atoms with Crippen molar-refractivity contribution < 1.29 is 9.90 Å². The summed E-state index contributed by atoms with van der Waals surface area (Å²) in [7, 11) is 2.11. The van der Waals surface area contributed by atoms with Crippen LogP contribution in [0.1, 0.15) is 13.8 Å². The Hall–Kier alpha value is -1.85. The summed E-state index contributed by atoms with van der Waals surface area (Å²) < 4.78 is 2.47. The van der Waals surface area contributed by atoms with E-state index in [2.05, 4.69) is 25.3 Å². The number of anilines is 1. The Kier molecular flexibility index (Phi) is 3.27. The number of fused-ring (bicyclic) bond motifs is 3. The van der Waals surface area contributed by atoms with Gasteiger partial charge >= 0.3 is 0 Å². The summed E-state index contributed by atoms with van der Waals surface area (Å²) in [6.45, 7) is 2.95. The van der Waals surface area contributed by atoms with Crippen LogP contribution in [0.15, 0.2) is 36.4 Å². The second-order valence-electron chi connectivity index (χ2n) is 5.78. The highest BCUT2D eigenvalue weighted by Gasteiger charge is 2.23. The molecule has 21 heavy (non-hydrogen) atoms. The number of carbonyl (C=O) groups is 1. The van der Waals surface area contributed by atoms with Crippen LogP contribution in [0, 0.1) is 0 Å². The molecule has 0 radical (unpaired) electrons. The molecule has 1 amide bonds. The molecule has 0 unspecified atom stereocenters. The lowest BCUT2D eigenvalue weighted by Crippen LogP contribution is -2.36. The summed E-state index contributed by atoms with van der Waals surface area (Å²) >= 11 is 1.76. The topological polar surface area (TPSA) is 49.3 Å². The lowest BCUT2D eigenvalue weighted by molar-refractivity contribution is -0.130. The summed E-state index contributed by atoms with van der Waals surface area (Å²) in [6, 6.07) is 12.1. The molecule has 0 saturated heterocycles. The van der Waals surface area contributed by atoms with Crippen LogP contribution in [-0.4, -0.2) is 24.5 Å². The van der Waals surface area contributed by atoms with Crippen molar-refractivity contribution in [2.24, 2.45) is 0 Å². The number of rotatable bonds is 2. The third kappa shape index (κ3) is 2.54. The second-order valence-corrected chi connectivity index (χ2v) is 6.83. The molecule has 2 N–H and O–H groups in total. The molecule has 0 aliphatic carbocycles. The van der Waals surface area contributed by atoms with Crippen molar-refractivity contribution in [1.29, 1.82) is 0 Å². The Morgan fingerprint density at radius 3 is 2.71 bits per heavy atom. The molecule has 2 aromatic carbocycles. The fourth-order valence-corrected chi connectivity index (χ4v) is 3.45. The van der Waals surface area contributed by atoms with Gasteiger partial charge in [0, 0.05) is 20.5 Å². The van der Waals surface area contributed by atoms with Crippen LogP contribution in [-0.2, 0) is 4.79 Å². The summed E-state index contributed by atoms with van der Waals surface area (Å²) in [5, 5.41) is 14.8. The van der Waals surface area contributed by atoms with Gasteiger partial charge in [-0.2, -0.15) is 0 Å². The van der Waals surface area contributed by atoms with Gasteiger partial charge in [0.15, 0.2) is 0 Å². The number of aliphatic hydroxyl groups is 1. The maximum Gasteiger partial charge on any atom is 0.255 e. The standard InChI is InChI=1S/C16H16BNO2S/c1-16(2,20)15(19)18-9-6-7-13-11(8-9)10-4-3-5-12(17)14(10)21-13/h3-8,20H,17H2,1-2H3,(H,18,19). The van der Waals surface area contributed by atoms with Crippen molar-refractivity contribution in [3.63, 3.8) is 0 Å². The van der Waals surface area contributed by atoms with E-state index in [0.29, 0.717) is 5.69 Å². The van der Waals surface area contributed by atoms with Gasteiger partial charge in [-0.25, -0.2) is 0 Å². The lowest BCUT2D eigenvalue weighted by atomic mass is 9.94. The van der Waals surface area contributed by atoms with Gasteiger partial charge in [-0.15, -0.1) is 11.3 Å². The summed E-state index contributed by atoms with van der Waals surface area (Å²) in [5.74, 6) is -0.405. The molecule has 0 fully saturated rings. The molecule has 5 heteroatoms. The average molecular weight is 297 g/mol. The minimum atomic E-state index is -1.39. The van der Waals surface area contributed by atoms with E-state index in [1.54, 1.807) is 11.3 Å². The van der Waals surface area contributed by atoms with E-state index >= 15 is 0 Å². The summed E-state index contributed by atoms with van der Waals surface area (Å²) in [6.07, 6.45) is 0. The monoisotopic (exact) mass is 297 g/mol. The highest BCUT2D eigenvalue weighted by atomic mass is 32.1. The number of amides is 1. The van der Waals surface area contributed by atoms with E-state index in [4.69, 9.17) is 0 Å². The molecular weight excluding hydrogens is 281 g/mol. The molecule has 0 bridgehead atoms. The minimum absolute atomic E-state index is 0.405. The zero-order valence-electron chi connectivity index (χ0n) is 12.2. The predicted molar refractivity (Wildman–Crippen MR) is 92.4 cm³/mol. The van der Waals surface area contributed by atoms with Crippen molar-refractivity contribution in [3.05, 3.63) is 36.4 Å². The van der Waals surface area contributed by atoms with Gasteiger partial charge in [-0.3, -0.25) is 4.79 Å². The Balaban J connectivity index is 2.10. The van der Waals surface area contributed by atoms with Gasteiger partial charge in [0.2, 0.25) is 0 Å². The number of benzene rings is 2. The first kappa shape index (κ1) is 14.1. The average Bonchev–Trinajstić information content (AvgIpc) is 2.77. The van der Waals surface area contributed by atoms with Crippen LogP contribution in [0.2, 0.25) is 0 Å². The third-order valence-electron chi connectivity index (χ3n) is 3.51. The maximum atomic E-state index is 11.9. The van der Waals surface area contributed by atoms with Gasteiger partial charge in [0.25, 0.3) is 5.91 Å². The molecule has 1 aromatic heterocycles. The molecule has 0 spiro atoms. The molecule has 3 rings (SSSR count). The zero-order chi connectivity index (χ0) is 15.2. The van der Waals surface area contributed by atoms with E-state index < -0.39 is 11.5 Å². The Morgan fingerprint density at radius 1 is 1.24 bits per heavy atom. The third-order valence-corrected chi connectivity index (χ3v) is 4.83. The zero-order valence-corrected chi connectivity index (χ0v) is 13.0. The van der Waals surface area contributed by atoms with Crippen LogP contribution < -0.4 is 10.8 Å². The van der Waals surface area contributed by atoms with Crippen molar-refractivity contribution in [1.82, 2.24) is 0 Å². The number of thiophene rings is 1. The van der Waals surface area contributed by atoms with Gasteiger partial charge in [-0.05, 0) is 37.4 Å². The van der Waals surface area contributed by atoms with Crippen molar-refractivity contribution in [3.8, 4) is 0 Å². The van der Waals surface area contributed by atoms with Crippen LogP contribution >= 0.6 is 11.3 Å². The quantitative estimate of drug-likeness (QED) is 0.711. The Labute approximate surface area is 128 Å². The fourth-order valence-electron chi connectivity index (χ4n) is 2.30. The Morgan fingerprint density at radius 2 is 2.00 bits per heavy atom. The second kappa shape index (κ2) is 4.86. The van der Waals surface area contributed by atoms with E-state index in [1.165, 1.54) is 34.1 Å². The SMILES string of the molecule is Bc1cccc2c1sc1ccc(NC(=O)C(C)(C)O)cc12. The van der Waals surface area contributed by atoms with Gasteiger partial charge in [0.05, 0.1) is 0 Å². The molecule has 3 aromatic rings. The van der Waals surface area contributed by atoms with Crippen LogP contribution in [0.4, 0.5) is 5.69 Å². The lowest BCUT2D eigenvalue weighted by Gasteiger charge is -2.16. The largest absolute Gasteiger partial charge is 0.381 e. The van der Waals surface area contributed by atoms with Gasteiger partial charge in [-0.1, -0.05) is 23.7 Å². The van der Waals surface area contributed by atoms with Crippen molar-refractivity contribution in [2.45, 2.75) is 19.4 Å². The first-order valence-corrected chi connectivity index (χ1v) is 7.63. The molecule has 1 heterocycles. The molecule has 106 valence electrons. The first-order valence-electron chi connectivity index (χ1n) is 6.82. The number of hydrogen-bond acceptors (Lipinski definition) is 3. The molecule has 0 aliphatic rings. The smallest absolute Gasteiger partial charge is 0.255 e. The van der Waals surface area contributed by atoms with Crippen LogP contribution in [0.3, 0.4) is 0 Å². The molecule has 0 atom stereocenters. The molecule has 0 aliphatic heterocycles. The highest BCUT2D eigenvalue weighted by Crippen LogP contribution is 2.34. The Bertz CT molecular complexity index is 848. The van der Waals surface area contributed by atoms with Crippen molar-refractivity contribution >= 4 is 56.4 Å². The fraction of sp³-hybridized carbons (Fsp3) is 0.188. The van der Waals surface area contributed by atoms with E-state index in [0.717, 1.165) is 5.39 Å². The molecular formula is C16H16BNO2S. The minimum Gasteiger partial charge on any atom is -0.381 e. The highest BCUT2D eigenvalue weighted by molar-refractivity contribution is 7.26.